The van der Waals surface area contributed by atoms with Crippen LogP contribution in [-0.2, 0) is 78.4 Å². The maximum Gasteiger partial charge on any atom is 0.671 e. The molecule has 0 aliphatic carbocycles. The lowest BCUT2D eigenvalue weighted by molar-refractivity contribution is -0.156. The van der Waals surface area contributed by atoms with Gasteiger partial charge >= 0.3 is 53.8 Å². The van der Waals surface area contributed by atoms with E-state index in [4.69, 9.17) is 78.4 Å². The third kappa shape index (κ3) is 11.5. The first kappa shape index (κ1) is 41.6. The molecule has 0 fully saturated rings. The fraction of sp³-hybridized carbons (Fsp3) is 1.00. The molecule has 0 amide bonds. The second-order valence-corrected chi connectivity index (χ2v) is 24.2. The van der Waals surface area contributed by atoms with Crippen LogP contribution in [0.2, 0.25) is 13.1 Å². The highest BCUT2D eigenvalue weighted by atomic mass is 28.5. The van der Waals surface area contributed by atoms with Crippen molar-refractivity contribution in [2.75, 3.05) is 85.3 Å². The monoisotopic (exact) mass is 708 g/mol. The van der Waals surface area contributed by atoms with Crippen LogP contribution in [0.5, 0.6) is 0 Å². The summed E-state index contributed by atoms with van der Waals surface area (Å²) in [6, 6.07) is 0. The number of rotatable bonds is 24. The van der Waals surface area contributed by atoms with E-state index in [1.165, 1.54) is 98.4 Å². The van der Waals surface area contributed by atoms with Crippen molar-refractivity contribution in [1.29, 1.82) is 0 Å². The Hall–Kier alpha value is 0.581. The van der Waals surface area contributed by atoms with Gasteiger partial charge in [0.25, 0.3) is 0 Å². The van der Waals surface area contributed by atoms with E-state index in [2.05, 4.69) is 0 Å². The third-order valence-electron chi connectivity index (χ3n) is 5.10. The van der Waals surface area contributed by atoms with E-state index >= 15 is 0 Å². The van der Waals surface area contributed by atoms with Crippen LogP contribution in [0.25, 0.3) is 0 Å². The Morgan fingerprint density at radius 1 is 0.317 bits per heavy atom. The number of hydrogen-bond acceptors (Lipinski definition) is 18. The van der Waals surface area contributed by atoms with Gasteiger partial charge in [-0.2, -0.15) is 0 Å². The van der Waals surface area contributed by atoms with Crippen LogP contribution in [0.1, 0.15) is 13.8 Å². The van der Waals surface area contributed by atoms with Crippen molar-refractivity contribution >= 4 is 53.8 Å². The van der Waals surface area contributed by atoms with Crippen LogP contribution in [0.4, 0.5) is 0 Å². The molecule has 0 aromatic rings. The van der Waals surface area contributed by atoms with Crippen molar-refractivity contribution in [3.63, 3.8) is 0 Å². The Bertz CT molecular complexity index is 601. The molecule has 0 unspecified atom stereocenters. The fourth-order valence-corrected chi connectivity index (χ4v) is 20.4. The lowest BCUT2D eigenvalue weighted by atomic mass is 10.4. The van der Waals surface area contributed by atoms with Gasteiger partial charge in [0, 0.05) is 98.4 Å². The normalized spacial score (nSPS) is 14.6. The van der Waals surface area contributed by atoms with Crippen LogP contribution < -0.4 is 0 Å². The highest BCUT2D eigenvalue weighted by molar-refractivity contribution is 6.78. The van der Waals surface area contributed by atoms with E-state index in [1.54, 1.807) is 13.8 Å². The summed E-state index contributed by atoms with van der Waals surface area (Å²) in [6.07, 6.45) is 0. The molecule has 0 aliphatic rings. The molecule has 248 valence electrons. The Morgan fingerprint density at radius 2 is 0.463 bits per heavy atom. The Balaban J connectivity index is 6.83. The molecule has 0 N–H and O–H groups in total. The zero-order chi connectivity index (χ0) is 32.2. The van der Waals surface area contributed by atoms with Gasteiger partial charge in [0.05, 0.1) is 0 Å². The highest BCUT2D eigenvalue weighted by Crippen LogP contribution is 2.33. The molecule has 41 heavy (non-hydrogen) atoms. The van der Waals surface area contributed by atoms with E-state index in [0.29, 0.717) is 0 Å². The highest BCUT2D eigenvalue weighted by Gasteiger charge is 2.64. The van der Waals surface area contributed by atoms with Crippen LogP contribution in [-0.4, -0.2) is 145 Å². The summed E-state index contributed by atoms with van der Waals surface area (Å²) < 4.78 is 103. The van der Waals surface area contributed by atoms with E-state index in [-0.39, 0.29) is 0 Å². The zero-order valence-corrected chi connectivity index (χ0v) is 32.8. The van der Waals surface area contributed by atoms with Crippen molar-refractivity contribution in [1.82, 2.24) is 0 Å². The van der Waals surface area contributed by atoms with Gasteiger partial charge in [-0.25, -0.2) is 0 Å². The zero-order valence-electron chi connectivity index (χ0n) is 26.8. The van der Waals surface area contributed by atoms with Crippen LogP contribution >= 0.6 is 0 Å². The first-order chi connectivity index (χ1) is 19.0. The SMILES string of the molecule is CO[Si](OC)(OC)O[Si](C)(OC(C)(C)O[Si](C)(O[Si](OC)(OC)OC)O[Si](OC)(OC)OC)O[Si](OC)(OC)OC. The first-order valence-electron chi connectivity index (χ1n) is 11.8. The van der Waals surface area contributed by atoms with Gasteiger partial charge in [0.1, 0.15) is 0 Å². The first-order valence-corrected chi connectivity index (χ1v) is 22.8. The van der Waals surface area contributed by atoms with Crippen molar-refractivity contribution in [2.45, 2.75) is 32.7 Å². The maximum atomic E-state index is 6.40. The van der Waals surface area contributed by atoms with Gasteiger partial charge in [-0.3, -0.25) is 0 Å². The summed E-state index contributed by atoms with van der Waals surface area (Å²) in [5, 5.41) is 0. The summed E-state index contributed by atoms with van der Waals surface area (Å²) in [5.74, 6) is -1.63. The molecule has 0 heterocycles. The largest absolute Gasteiger partial charge is 0.671 e. The second kappa shape index (κ2) is 17.3. The average Bonchev–Trinajstić information content (AvgIpc) is 2.96. The molecular weight excluding hydrogens is 661 g/mol. The molecule has 24 heteroatoms. The summed E-state index contributed by atoms with van der Waals surface area (Å²) in [4.78, 5) is 0. The second-order valence-electron chi connectivity index (χ2n) is 8.19. The molecule has 18 nitrogen and oxygen atoms in total. The van der Waals surface area contributed by atoms with Gasteiger partial charge in [0.2, 0.25) is 0 Å². The quantitative estimate of drug-likeness (QED) is 0.100. The molecular formula is C17H48O18Si6. The van der Waals surface area contributed by atoms with Gasteiger partial charge in [-0.15, -0.1) is 0 Å². The van der Waals surface area contributed by atoms with E-state index in [0.717, 1.165) is 0 Å². The lowest BCUT2D eigenvalue weighted by Crippen LogP contribution is -2.68. The lowest BCUT2D eigenvalue weighted by Gasteiger charge is -2.44. The molecule has 0 saturated carbocycles. The van der Waals surface area contributed by atoms with Crippen molar-refractivity contribution in [3.8, 4) is 0 Å². The van der Waals surface area contributed by atoms with Gasteiger partial charge in [0.15, 0.2) is 5.79 Å². The topological polar surface area (TPSA) is 166 Å². The Kier molecular flexibility index (Phi) is 17.6. The molecule has 0 aliphatic heterocycles. The van der Waals surface area contributed by atoms with Crippen LogP contribution in [0.15, 0.2) is 0 Å². The minimum atomic E-state index is -4.05. The maximum absolute atomic E-state index is 6.40. The molecule has 0 rings (SSSR count). The van der Waals surface area contributed by atoms with E-state index in [9.17, 15) is 0 Å². The Morgan fingerprint density at radius 3 is 0.585 bits per heavy atom. The summed E-state index contributed by atoms with van der Waals surface area (Å²) >= 11 is 0. The van der Waals surface area contributed by atoms with E-state index < -0.39 is 59.6 Å². The average molecular weight is 709 g/mol. The predicted octanol–water partition coefficient (Wildman–Crippen LogP) is 0.459. The fourth-order valence-electron chi connectivity index (χ4n) is 3.45. The summed E-state index contributed by atoms with van der Waals surface area (Å²) in [6.45, 7) is 6.15. The molecule has 0 atom stereocenters. The van der Waals surface area contributed by atoms with Crippen LogP contribution in [0.3, 0.4) is 0 Å². The molecule has 0 aromatic heterocycles. The Labute approximate surface area is 250 Å². The summed E-state index contributed by atoms with van der Waals surface area (Å²) in [7, 11) is -7.12. The molecule has 0 saturated heterocycles. The van der Waals surface area contributed by atoms with Crippen molar-refractivity contribution in [3.05, 3.63) is 0 Å². The van der Waals surface area contributed by atoms with Crippen molar-refractivity contribution < 1.29 is 78.4 Å². The standard InChI is InChI=1S/C17H48O18Si6/c1-17(2,30-36(15,32-38(18-3,19-4)20-5)33-39(21-6,22-7)23-8)31-37(16,34-40(24-9,25-10)26-11)35-41(27-12,28-13)29-14/h1-16H3. The van der Waals surface area contributed by atoms with Gasteiger partial charge in [-0.05, 0) is 13.8 Å². The molecule has 0 spiro atoms. The molecule has 0 radical (unpaired) electrons. The predicted molar refractivity (Wildman–Crippen MR) is 151 cm³/mol. The summed E-state index contributed by atoms with van der Waals surface area (Å²) in [5.41, 5.74) is 0. The van der Waals surface area contributed by atoms with Gasteiger partial charge < -0.3 is 78.4 Å². The molecule has 0 bridgehead atoms. The minimum absolute atomic E-state index is 1.35. The minimum Gasteiger partial charge on any atom is -0.355 e. The smallest absolute Gasteiger partial charge is 0.355 e. The van der Waals surface area contributed by atoms with Gasteiger partial charge in [-0.1, -0.05) is 0 Å². The third-order valence-corrected chi connectivity index (χ3v) is 22.8. The molecule has 0 aromatic carbocycles. The van der Waals surface area contributed by atoms with Crippen molar-refractivity contribution in [2.24, 2.45) is 0 Å². The van der Waals surface area contributed by atoms with E-state index in [1.807, 2.05) is 0 Å². The van der Waals surface area contributed by atoms with Crippen LogP contribution in [0, 0.1) is 0 Å². The number of hydrogen-bond donors (Lipinski definition) is 0.